The molecule has 8 aromatic carbocycles. The second-order valence-electron chi connectivity index (χ2n) is 12.8. The minimum absolute atomic E-state index is 0.566. The van der Waals surface area contributed by atoms with Gasteiger partial charge in [-0.15, -0.1) is 0 Å². The molecule has 0 saturated carbocycles. The van der Waals surface area contributed by atoms with Crippen LogP contribution in [0.2, 0.25) is 0 Å². The summed E-state index contributed by atoms with van der Waals surface area (Å²) in [6, 6.07) is 67.8. The van der Waals surface area contributed by atoms with Gasteiger partial charge < -0.3 is 9.30 Å². The van der Waals surface area contributed by atoms with Gasteiger partial charge in [0.15, 0.2) is 0 Å². The first-order valence-electron chi connectivity index (χ1n) is 16.9. The number of nitrogens with zero attached hydrogens (tertiary/aromatic N) is 1. The van der Waals surface area contributed by atoms with Crippen molar-refractivity contribution in [1.82, 2.24) is 4.57 Å². The van der Waals surface area contributed by atoms with Gasteiger partial charge in [-0.25, -0.2) is 0 Å². The molecule has 0 bridgehead atoms. The molecule has 0 spiro atoms. The summed E-state index contributed by atoms with van der Waals surface area (Å²) in [4.78, 5) is 0. The Morgan fingerprint density at radius 2 is 1.04 bits per heavy atom. The van der Waals surface area contributed by atoms with Crippen LogP contribution in [0.5, 0.6) is 11.5 Å². The second-order valence-corrected chi connectivity index (χ2v) is 12.8. The van der Waals surface area contributed by atoms with E-state index in [1.54, 1.807) is 0 Å². The number of rotatable bonds is 4. The van der Waals surface area contributed by atoms with E-state index in [1.165, 1.54) is 49.3 Å². The SMILES string of the molecule is c1ccc(-n2c3ccccc3c3c4cccc(-c5ccc6c(c5)C(c5ccccc5)(c5ccccc5)c5ccccc5O6)c4ccc32)cc1. The van der Waals surface area contributed by atoms with E-state index in [0.717, 1.165) is 33.9 Å². The van der Waals surface area contributed by atoms with E-state index in [9.17, 15) is 0 Å². The molecule has 0 amide bonds. The van der Waals surface area contributed by atoms with Gasteiger partial charge in [0, 0.05) is 27.6 Å². The van der Waals surface area contributed by atoms with Crippen molar-refractivity contribution < 1.29 is 4.74 Å². The first-order valence-corrected chi connectivity index (χ1v) is 16.9. The topological polar surface area (TPSA) is 14.2 Å². The van der Waals surface area contributed by atoms with Crippen molar-refractivity contribution in [2.24, 2.45) is 0 Å². The monoisotopic (exact) mass is 625 g/mol. The van der Waals surface area contributed by atoms with Crippen LogP contribution in [0.1, 0.15) is 22.3 Å². The van der Waals surface area contributed by atoms with Gasteiger partial charge in [-0.1, -0.05) is 146 Å². The molecule has 0 atom stereocenters. The summed E-state index contributed by atoms with van der Waals surface area (Å²) < 4.78 is 9.09. The molecule has 230 valence electrons. The van der Waals surface area contributed by atoms with Gasteiger partial charge in [-0.2, -0.15) is 0 Å². The van der Waals surface area contributed by atoms with Gasteiger partial charge >= 0.3 is 0 Å². The Kier molecular flexibility index (Phi) is 6.13. The highest BCUT2D eigenvalue weighted by Gasteiger charge is 2.45. The first kappa shape index (κ1) is 27.7. The largest absolute Gasteiger partial charge is 0.457 e. The third kappa shape index (κ3) is 4.01. The third-order valence-electron chi connectivity index (χ3n) is 10.3. The van der Waals surface area contributed by atoms with E-state index in [1.807, 2.05) is 0 Å². The number of fused-ring (bicyclic) bond motifs is 7. The molecule has 0 radical (unpaired) electrons. The lowest BCUT2D eigenvalue weighted by atomic mass is 9.63. The van der Waals surface area contributed by atoms with E-state index < -0.39 is 5.41 Å². The molecule has 0 unspecified atom stereocenters. The van der Waals surface area contributed by atoms with Crippen LogP contribution in [0.3, 0.4) is 0 Å². The fourth-order valence-electron chi connectivity index (χ4n) is 8.31. The average Bonchev–Trinajstić information content (AvgIpc) is 3.52. The Labute approximate surface area is 285 Å². The van der Waals surface area contributed by atoms with E-state index in [0.29, 0.717) is 0 Å². The summed E-state index contributed by atoms with van der Waals surface area (Å²) in [6.07, 6.45) is 0. The second kappa shape index (κ2) is 10.8. The lowest BCUT2D eigenvalue weighted by molar-refractivity contribution is 0.434. The lowest BCUT2D eigenvalue weighted by Gasteiger charge is -2.41. The molecule has 9 aromatic rings. The van der Waals surface area contributed by atoms with Crippen LogP contribution in [-0.4, -0.2) is 4.57 Å². The summed E-state index contributed by atoms with van der Waals surface area (Å²) in [5.74, 6) is 1.77. The smallest absolute Gasteiger partial charge is 0.132 e. The van der Waals surface area contributed by atoms with Crippen LogP contribution in [0, 0.1) is 0 Å². The Morgan fingerprint density at radius 3 is 1.82 bits per heavy atom. The maximum Gasteiger partial charge on any atom is 0.132 e. The molecule has 10 rings (SSSR count). The zero-order valence-corrected chi connectivity index (χ0v) is 26.8. The van der Waals surface area contributed by atoms with Crippen molar-refractivity contribution >= 4 is 32.6 Å². The summed E-state index contributed by atoms with van der Waals surface area (Å²) in [7, 11) is 0. The molecule has 1 aliphatic heterocycles. The predicted octanol–water partition coefficient (Wildman–Crippen LogP) is 12.1. The van der Waals surface area contributed by atoms with Crippen molar-refractivity contribution in [3.8, 4) is 28.3 Å². The Bertz CT molecular complexity index is 2630. The Balaban J connectivity index is 1.26. The van der Waals surface area contributed by atoms with Crippen molar-refractivity contribution in [3.63, 3.8) is 0 Å². The van der Waals surface area contributed by atoms with Gasteiger partial charge in [0.05, 0.1) is 16.4 Å². The Hall–Kier alpha value is -6.38. The molecule has 0 fully saturated rings. The third-order valence-corrected chi connectivity index (χ3v) is 10.3. The number of para-hydroxylation sites is 3. The predicted molar refractivity (Wildman–Crippen MR) is 202 cm³/mol. The van der Waals surface area contributed by atoms with E-state index >= 15 is 0 Å². The van der Waals surface area contributed by atoms with Crippen LogP contribution >= 0.6 is 0 Å². The average molecular weight is 626 g/mol. The minimum atomic E-state index is -0.566. The number of hydrogen-bond acceptors (Lipinski definition) is 1. The maximum absolute atomic E-state index is 6.70. The van der Waals surface area contributed by atoms with Crippen molar-refractivity contribution in [1.29, 1.82) is 0 Å². The Morgan fingerprint density at radius 1 is 0.408 bits per heavy atom. The van der Waals surface area contributed by atoms with Gasteiger partial charge in [0.2, 0.25) is 0 Å². The van der Waals surface area contributed by atoms with Crippen LogP contribution in [0.4, 0.5) is 0 Å². The number of ether oxygens (including phenoxy) is 1. The highest BCUT2D eigenvalue weighted by Crippen LogP contribution is 2.56. The molecule has 1 aliphatic rings. The summed E-state index contributed by atoms with van der Waals surface area (Å²) in [6.45, 7) is 0. The minimum Gasteiger partial charge on any atom is -0.457 e. The zero-order valence-electron chi connectivity index (χ0n) is 26.8. The zero-order chi connectivity index (χ0) is 32.4. The molecular formula is C47H31NO. The molecule has 1 aromatic heterocycles. The van der Waals surface area contributed by atoms with Gasteiger partial charge in [0.25, 0.3) is 0 Å². The fourth-order valence-corrected chi connectivity index (χ4v) is 8.31. The standard InChI is InChI=1S/C47H31NO/c1-4-15-33(16-5-1)47(34-17-6-2-7-18-34)40-24-11-13-26-44(40)49-45-30-27-32(31-41(45)47)36-22-14-23-38-37(36)28-29-43-46(38)39-21-10-12-25-42(39)48(43)35-19-8-3-9-20-35/h1-31H. The molecule has 0 N–H and O–H groups in total. The molecule has 0 saturated heterocycles. The van der Waals surface area contributed by atoms with Crippen LogP contribution in [0.25, 0.3) is 49.4 Å². The van der Waals surface area contributed by atoms with Crippen molar-refractivity contribution in [3.05, 3.63) is 210 Å². The fraction of sp³-hybridized carbons (Fsp3) is 0.0213. The molecular weight excluding hydrogens is 595 g/mol. The quantitative estimate of drug-likeness (QED) is 0.190. The number of hydrogen-bond donors (Lipinski definition) is 0. The first-order chi connectivity index (χ1) is 24.3. The molecule has 49 heavy (non-hydrogen) atoms. The van der Waals surface area contributed by atoms with Crippen LogP contribution in [0.15, 0.2) is 188 Å². The molecule has 2 heteroatoms. The maximum atomic E-state index is 6.70. The summed E-state index contributed by atoms with van der Waals surface area (Å²) in [5.41, 5.74) is 10.1. The van der Waals surface area contributed by atoms with Crippen LogP contribution < -0.4 is 4.74 Å². The van der Waals surface area contributed by atoms with E-state index in [-0.39, 0.29) is 0 Å². The van der Waals surface area contributed by atoms with Gasteiger partial charge in [0.1, 0.15) is 11.5 Å². The van der Waals surface area contributed by atoms with Gasteiger partial charge in [-0.3, -0.25) is 0 Å². The molecule has 2 heterocycles. The number of benzene rings is 8. The molecule has 0 aliphatic carbocycles. The number of aromatic nitrogens is 1. The van der Waals surface area contributed by atoms with Gasteiger partial charge in [-0.05, 0) is 75.5 Å². The van der Waals surface area contributed by atoms with Crippen molar-refractivity contribution in [2.45, 2.75) is 5.41 Å². The lowest BCUT2D eigenvalue weighted by Crippen LogP contribution is -2.34. The summed E-state index contributed by atoms with van der Waals surface area (Å²) >= 11 is 0. The van der Waals surface area contributed by atoms with E-state index in [4.69, 9.17) is 4.74 Å². The normalized spacial score (nSPS) is 13.2. The van der Waals surface area contributed by atoms with Crippen molar-refractivity contribution in [2.75, 3.05) is 0 Å². The van der Waals surface area contributed by atoms with Crippen LogP contribution in [-0.2, 0) is 5.41 Å². The highest BCUT2D eigenvalue weighted by atomic mass is 16.5. The molecule has 2 nitrogen and oxygen atoms in total. The summed E-state index contributed by atoms with van der Waals surface area (Å²) in [5, 5.41) is 5.01. The van der Waals surface area contributed by atoms with E-state index in [2.05, 4.69) is 193 Å². The highest BCUT2D eigenvalue weighted by molar-refractivity contribution is 6.23.